The van der Waals surface area contributed by atoms with Gasteiger partial charge in [0.25, 0.3) is 6.29 Å². The lowest BCUT2D eigenvalue weighted by atomic mass is 9.83. The van der Waals surface area contributed by atoms with Gasteiger partial charge in [-0.05, 0) is 25.2 Å². The number of nitrogens with two attached hydrogens (primary N) is 1. The summed E-state index contributed by atoms with van der Waals surface area (Å²) >= 11 is 0. The van der Waals surface area contributed by atoms with E-state index in [0.29, 0.717) is 12.3 Å². The minimum atomic E-state index is -1.41. The molecule has 23 heavy (non-hydrogen) atoms. The summed E-state index contributed by atoms with van der Waals surface area (Å²) in [5, 5.41) is 8.80. The summed E-state index contributed by atoms with van der Waals surface area (Å²) in [6.07, 6.45) is 13.2. The summed E-state index contributed by atoms with van der Waals surface area (Å²) in [4.78, 5) is 19.1. The molecule has 0 aliphatic heterocycles. The highest BCUT2D eigenvalue weighted by Gasteiger charge is 2.19. The highest BCUT2D eigenvalue weighted by Crippen LogP contribution is 2.30. The molecule has 0 amide bonds. The fraction of sp³-hybridized carbons (Fsp3) is 0.625. The lowest BCUT2D eigenvalue weighted by Crippen LogP contribution is -2.30. The van der Waals surface area contributed by atoms with Gasteiger partial charge in [-0.2, -0.15) is 0 Å². The molecule has 128 valence electrons. The van der Waals surface area contributed by atoms with Crippen LogP contribution in [0.2, 0.25) is 0 Å². The predicted molar refractivity (Wildman–Crippen MR) is 84.2 cm³/mol. The van der Waals surface area contributed by atoms with Gasteiger partial charge in [-0.15, -0.1) is 0 Å². The van der Waals surface area contributed by atoms with E-state index in [0.717, 1.165) is 6.54 Å². The van der Waals surface area contributed by atoms with Crippen molar-refractivity contribution in [3.8, 4) is 0 Å². The zero-order valence-electron chi connectivity index (χ0n) is 13.3. The number of carboxylic acids is 1. The molecule has 1 heterocycles. The highest BCUT2D eigenvalue weighted by atomic mass is 16.8. The second kappa shape index (κ2) is 9.44. The number of nitrogens with zero attached hydrogens (tertiary/aromatic N) is 2. The van der Waals surface area contributed by atoms with Crippen molar-refractivity contribution in [1.82, 2.24) is 9.55 Å². The largest absolute Gasteiger partial charge is 0.477 e. The van der Waals surface area contributed by atoms with E-state index in [1.807, 2.05) is 12.5 Å². The Balaban J connectivity index is 1.91. The van der Waals surface area contributed by atoms with Gasteiger partial charge >= 0.3 is 5.97 Å². The molecule has 1 aliphatic rings. The molecule has 0 aromatic carbocycles. The van der Waals surface area contributed by atoms with Crippen LogP contribution in [0, 0.1) is 5.92 Å². The Morgan fingerprint density at radius 2 is 2.22 bits per heavy atom. The fourth-order valence-electron chi connectivity index (χ4n) is 3.01. The Hall–Kier alpha value is -1.70. The van der Waals surface area contributed by atoms with E-state index >= 15 is 0 Å². The van der Waals surface area contributed by atoms with Gasteiger partial charge < -0.3 is 14.4 Å². The first-order chi connectivity index (χ1) is 11.2. The van der Waals surface area contributed by atoms with Crippen molar-refractivity contribution in [1.29, 1.82) is 0 Å². The molecule has 0 bridgehead atoms. The normalized spacial score (nSPS) is 18.0. The Morgan fingerprint density at radius 1 is 1.43 bits per heavy atom. The summed E-state index contributed by atoms with van der Waals surface area (Å²) in [5.74, 6) is 4.26. The third-order valence-electron chi connectivity index (χ3n) is 4.17. The quantitative estimate of drug-likeness (QED) is 0.312. The molecule has 1 atom stereocenters. The summed E-state index contributed by atoms with van der Waals surface area (Å²) in [7, 11) is 0. The SMILES string of the molecule is NOC(OCCC=C(Cn1ccnc1)C1CCCCC1)C(=O)O. The molecule has 7 heteroatoms. The van der Waals surface area contributed by atoms with Crippen LogP contribution in [0.5, 0.6) is 0 Å². The zero-order chi connectivity index (χ0) is 16.5. The van der Waals surface area contributed by atoms with Crippen molar-refractivity contribution in [2.24, 2.45) is 11.8 Å². The smallest absolute Gasteiger partial charge is 0.362 e. The summed E-state index contributed by atoms with van der Waals surface area (Å²) in [5.41, 5.74) is 1.37. The number of carboxylic acid groups (broad SMARTS) is 1. The Bertz CT molecular complexity index is 495. The van der Waals surface area contributed by atoms with Crippen LogP contribution in [0.25, 0.3) is 0 Å². The molecule has 1 aromatic rings. The van der Waals surface area contributed by atoms with Gasteiger partial charge in [0.05, 0.1) is 12.9 Å². The van der Waals surface area contributed by atoms with Gasteiger partial charge in [-0.1, -0.05) is 30.9 Å². The number of hydrogen-bond donors (Lipinski definition) is 2. The first-order valence-corrected chi connectivity index (χ1v) is 8.05. The van der Waals surface area contributed by atoms with Gasteiger partial charge in [0.15, 0.2) is 0 Å². The Morgan fingerprint density at radius 3 is 2.83 bits per heavy atom. The van der Waals surface area contributed by atoms with Crippen molar-refractivity contribution < 1.29 is 19.5 Å². The Kier molecular flexibility index (Phi) is 7.25. The van der Waals surface area contributed by atoms with Crippen molar-refractivity contribution in [2.75, 3.05) is 6.61 Å². The van der Waals surface area contributed by atoms with Gasteiger partial charge in [-0.3, -0.25) is 4.84 Å². The van der Waals surface area contributed by atoms with Crippen molar-refractivity contribution in [3.05, 3.63) is 30.4 Å². The van der Waals surface area contributed by atoms with Crippen LogP contribution in [-0.2, 0) is 20.9 Å². The van der Waals surface area contributed by atoms with Gasteiger partial charge in [0.1, 0.15) is 0 Å². The number of ether oxygens (including phenoxy) is 1. The van der Waals surface area contributed by atoms with Crippen LogP contribution in [0.3, 0.4) is 0 Å². The maximum atomic E-state index is 10.8. The van der Waals surface area contributed by atoms with Crippen molar-refractivity contribution >= 4 is 5.97 Å². The first-order valence-electron chi connectivity index (χ1n) is 8.05. The van der Waals surface area contributed by atoms with Gasteiger partial charge in [0.2, 0.25) is 0 Å². The lowest BCUT2D eigenvalue weighted by Gasteiger charge is -2.25. The summed E-state index contributed by atoms with van der Waals surface area (Å²) in [6.45, 7) is 1.08. The minimum Gasteiger partial charge on any atom is -0.477 e. The van der Waals surface area contributed by atoms with E-state index in [2.05, 4.69) is 20.5 Å². The third kappa shape index (κ3) is 5.78. The highest BCUT2D eigenvalue weighted by molar-refractivity contribution is 5.70. The number of hydrogen-bond acceptors (Lipinski definition) is 5. The maximum absolute atomic E-state index is 10.8. The molecule has 0 spiro atoms. The molecule has 1 unspecified atom stereocenters. The predicted octanol–water partition coefficient (Wildman–Crippen LogP) is 2.10. The first kappa shape index (κ1) is 17.7. The second-order valence-electron chi connectivity index (χ2n) is 5.81. The molecule has 1 saturated carbocycles. The van der Waals surface area contributed by atoms with Gasteiger partial charge in [-0.25, -0.2) is 15.7 Å². The molecule has 1 fully saturated rings. The maximum Gasteiger partial charge on any atom is 0.362 e. The molecule has 0 saturated heterocycles. The lowest BCUT2D eigenvalue weighted by molar-refractivity contribution is -0.190. The van der Waals surface area contributed by atoms with Crippen LogP contribution in [0.15, 0.2) is 30.4 Å². The number of aromatic nitrogens is 2. The Labute approximate surface area is 136 Å². The van der Waals surface area contributed by atoms with Crippen molar-refractivity contribution in [2.45, 2.75) is 51.4 Å². The van der Waals surface area contributed by atoms with Crippen LogP contribution >= 0.6 is 0 Å². The average Bonchev–Trinajstić information content (AvgIpc) is 3.07. The molecule has 7 nitrogen and oxygen atoms in total. The summed E-state index contributed by atoms with van der Waals surface area (Å²) < 4.78 is 7.18. The van der Waals surface area contributed by atoms with E-state index in [1.54, 1.807) is 6.20 Å². The van der Waals surface area contributed by atoms with Crippen LogP contribution in [0.1, 0.15) is 38.5 Å². The van der Waals surface area contributed by atoms with Crippen LogP contribution < -0.4 is 5.90 Å². The van der Waals surface area contributed by atoms with Crippen LogP contribution in [0.4, 0.5) is 0 Å². The number of carbonyl (C=O) groups is 1. The molecular weight excluding hydrogens is 298 g/mol. The van der Waals surface area contributed by atoms with Crippen molar-refractivity contribution in [3.63, 3.8) is 0 Å². The number of imidazole rings is 1. The molecule has 2 rings (SSSR count). The standard InChI is InChI=1S/C16H25N3O4/c17-23-16(15(20)21)22-10-4-7-14(11-19-9-8-18-12-19)13-5-2-1-3-6-13/h7-9,12-13,16H,1-6,10-11,17H2,(H,20,21). The van der Waals surface area contributed by atoms with E-state index in [4.69, 9.17) is 15.7 Å². The second-order valence-corrected chi connectivity index (χ2v) is 5.81. The minimum absolute atomic E-state index is 0.258. The number of rotatable bonds is 9. The summed E-state index contributed by atoms with van der Waals surface area (Å²) in [6, 6.07) is 0. The molecule has 0 radical (unpaired) electrons. The topological polar surface area (TPSA) is 99.6 Å². The number of allylic oxidation sites excluding steroid dienone is 1. The van der Waals surface area contributed by atoms with E-state index in [9.17, 15) is 4.79 Å². The van der Waals surface area contributed by atoms with E-state index < -0.39 is 12.3 Å². The molecule has 1 aromatic heterocycles. The molecule has 3 N–H and O–H groups in total. The van der Waals surface area contributed by atoms with Crippen LogP contribution in [-0.4, -0.2) is 33.5 Å². The average molecular weight is 323 g/mol. The van der Waals surface area contributed by atoms with Gasteiger partial charge in [0, 0.05) is 18.9 Å². The molecular formula is C16H25N3O4. The molecule has 1 aliphatic carbocycles. The number of aliphatic carboxylic acids is 1. The van der Waals surface area contributed by atoms with E-state index in [-0.39, 0.29) is 6.61 Å². The zero-order valence-corrected chi connectivity index (χ0v) is 13.3. The van der Waals surface area contributed by atoms with E-state index in [1.165, 1.54) is 37.7 Å². The third-order valence-corrected chi connectivity index (χ3v) is 4.17. The fourth-order valence-corrected chi connectivity index (χ4v) is 3.01. The monoisotopic (exact) mass is 323 g/mol.